The molecule has 0 spiro atoms. The van der Waals surface area contributed by atoms with Gasteiger partial charge in [-0.05, 0) is 12.1 Å². The lowest BCUT2D eigenvalue weighted by atomic mass is 10.2. The monoisotopic (exact) mass is 243 g/mol. The summed E-state index contributed by atoms with van der Waals surface area (Å²) in [6.45, 7) is 0. The number of carbonyl (C=O) groups excluding carboxylic acids is 1. The first-order valence-corrected chi connectivity index (χ1v) is 5.32. The summed E-state index contributed by atoms with van der Waals surface area (Å²) in [5.74, 6) is 1.09. The number of rotatable bonds is 4. The summed E-state index contributed by atoms with van der Waals surface area (Å²) in [5.41, 5.74) is 7.21. The Labute approximate surface area is 104 Å². The molecule has 0 radical (unpaired) electrons. The third kappa shape index (κ3) is 2.54. The average molecular weight is 243 g/mol. The fourth-order valence-corrected chi connectivity index (χ4v) is 1.41. The van der Waals surface area contributed by atoms with Crippen molar-refractivity contribution in [3.8, 4) is 0 Å². The van der Waals surface area contributed by atoms with Gasteiger partial charge in [-0.2, -0.15) is 0 Å². The molecular weight excluding hydrogens is 230 g/mol. The summed E-state index contributed by atoms with van der Waals surface area (Å²) < 4.78 is 0. The van der Waals surface area contributed by atoms with Gasteiger partial charge in [0.15, 0.2) is 0 Å². The average Bonchev–Trinajstić information content (AvgIpc) is 2.41. The molecule has 2 rings (SSSR count). The number of nitrogens with one attached hydrogen (secondary N) is 1. The van der Waals surface area contributed by atoms with Gasteiger partial charge < -0.3 is 16.0 Å². The number of nitrogens with zero attached hydrogens (tertiary/aromatic N) is 3. The van der Waals surface area contributed by atoms with E-state index >= 15 is 0 Å². The number of anilines is 4. The zero-order valence-electron chi connectivity index (χ0n) is 9.87. The largest absolute Gasteiger partial charge is 0.397 e. The van der Waals surface area contributed by atoms with E-state index in [1.165, 1.54) is 11.2 Å². The van der Waals surface area contributed by atoms with Crippen LogP contribution in [0.25, 0.3) is 0 Å². The van der Waals surface area contributed by atoms with Crippen molar-refractivity contribution in [1.29, 1.82) is 0 Å². The van der Waals surface area contributed by atoms with E-state index < -0.39 is 0 Å². The second kappa shape index (κ2) is 5.13. The van der Waals surface area contributed by atoms with Crippen LogP contribution >= 0.6 is 0 Å². The highest BCUT2D eigenvalue weighted by Gasteiger charge is 2.04. The van der Waals surface area contributed by atoms with Gasteiger partial charge >= 0.3 is 0 Å². The maximum absolute atomic E-state index is 10.7. The number of nitrogens with two attached hydrogens (primary N) is 1. The molecule has 18 heavy (non-hydrogen) atoms. The van der Waals surface area contributed by atoms with E-state index in [2.05, 4.69) is 15.3 Å². The second-order valence-electron chi connectivity index (χ2n) is 3.69. The molecule has 0 saturated carbocycles. The Hall–Kier alpha value is -2.63. The normalized spacial score (nSPS) is 9.83. The van der Waals surface area contributed by atoms with Gasteiger partial charge in [-0.3, -0.25) is 4.79 Å². The molecular formula is C12H13N5O. The fraction of sp³-hybridized carbons (Fsp3) is 0.0833. The lowest BCUT2D eigenvalue weighted by molar-refractivity contribution is -0.107. The van der Waals surface area contributed by atoms with Crippen molar-refractivity contribution >= 4 is 29.4 Å². The molecule has 0 bridgehead atoms. The summed E-state index contributed by atoms with van der Waals surface area (Å²) >= 11 is 0. The molecule has 0 atom stereocenters. The zero-order valence-corrected chi connectivity index (χ0v) is 9.87. The maximum Gasteiger partial charge on any atom is 0.215 e. The van der Waals surface area contributed by atoms with E-state index in [0.717, 1.165) is 5.69 Å². The first kappa shape index (κ1) is 11.8. The van der Waals surface area contributed by atoms with Crippen molar-refractivity contribution in [3.63, 3.8) is 0 Å². The summed E-state index contributed by atoms with van der Waals surface area (Å²) in [4.78, 5) is 20.1. The molecule has 92 valence electrons. The van der Waals surface area contributed by atoms with Gasteiger partial charge in [0.25, 0.3) is 0 Å². The topological polar surface area (TPSA) is 84.1 Å². The molecule has 0 aliphatic carbocycles. The lowest BCUT2D eigenvalue weighted by Gasteiger charge is -2.12. The summed E-state index contributed by atoms with van der Waals surface area (Å²) in [5, 5.41) is 3.07. The fourth-order valence-electron chi connectivity index (χ4n) is 1.41. The molecule has 1 aromatic carbocycles. The first-order chi connectivity index (χ1) is 8.70. The Morgan fingerprint density at radius 2 is 2.11 bits per heavy atom. The number of amides is 1. The highest BCUT2D eigenvalue weighted by molar-refractivity contribution is 5.75. The van der Waals surface area contributed by atoms with Crippen LogP contribution in [0.4, 0.5) is 23.0 Å². The minimum absolute atomic E-state index is 0.511. The SMILES string of the molecule is CN(C=O)c1cc(Nc2ccccc2N)ncn1. The van der Waals surface area contributed by atoms with E-state index in [-0.39, 0.29) is 0 Å². The number of aromatic nitrogens is 2. The third-order valence-electron chi connectivity index (χ3n) is 2.40. The van der Waals surface area contributed by atoms with Crippen LogP contribution in [0, 0.1) is 0 Å². The molecule has 0 fully saturated rings. The van der Waals surface area contributed by atoms with Gasteiger partial charge in [0, 0.05) is 13.1 Å². The van der Waals surface area contributed by atoms with Crippen molar-refractivity contribution in [1.82, 2.24) is 9.97 Å². The Balaban J connectivity index is 2.25. The summed E-state index contributed by atoms with van der Waals surface area (Å²) in [6.07, 6.45) is 2.07. The lowest BCUT2D eigenvalue weighted by Crippen LogP contribution is -2.15. The molecule has 1 heterocycles. The van der Waals surface area contributed by atoms with Gasteiger partial charge in [0.2, 0.25) is 6.41 Å². The van der Waals surface area contributed by atoms with E-state index in [1.807, 2.05) is 18.2 Å². The van der Waals surface area contributed by atoms with Crippen molar-refractivity contribution in [2.24, 2.45) is 0 Å². The molecule has 0 saturated heterocycles. The van der Waals surface area contributed by atoms with Crippen molar-refractivity contribution < 1.29 is 4.79 Å². The van der Waals surface area contributed by atoms with Crippen LogP contribution in [0.2, 0.25) is 0 Å². The van der Waals surface area contributed by atoms with Gasteiger partial charge in [-0.25, -0.2) is 9.97 Å². The molecule has 1 amide bonds. The second-order valence-corrected chi connectivity index (χ2v) is 3.69. The van der Waals surface area contributed by atoms with E-state index in [9.17, 15) is 4.79 Å². The molecule has 6 heteroatoms. The molecule has 6 nitrogen and oxygen atoms in total. The number of hydrogen-bond donors (Lipinski definition) is 2. The van der Waals surface area contributed by atoms with Crippen molar-refractivity contribution in [2.75, 3.05) is 23.0 Å². The Kier molecular flexibility index (Phi) is 3.38. The predicted molar refractivity (Wildman–Crippen MR) is 70.6 cm³/mol. The van der Waals surface area contributed by atoms with Crippen LogP contribution in [-0.4, -0.2) is 23.4 Å². The number of carbonyl (C=O) groups is 1. The van der Waals surface area contributed by atoms with Crippen LogP contribution in [-0.2, 0) is 4.79 Å². The molecule has 2 aromatic rings. The standard InChI is InChI=1S/C12H13N5O/c1-17(8-18)12-6-11(14-7-15-12)16-10-5-3-2-4-9(10)13/h2-8H,13H2,1H3,(H,14,15,16). The van der Waals surface area contributed by atoms with E-state index in [0.29, 0.717) is 23.7 Å². The van der Waals surface area contributed by atoms with Crippen LogP contribution < -0.4 is 16.0 Å². The molecule has 0 aliphatic heterocycles. The van der Waals surface area contributed by atoms with Crippen LogP contribution in [0.5, 0.6) is 0 Å². The molecule has 0 unspecified atom stereocenters. The van der Waals surface area contributed by atoms with Gasteiger partial charge in [0.1, 0.15) is 18.0 Å². The Morgan fingerprint density at radius 1 is 1.33 bits per heavy atom. The summed E-state index contributed by atoms with van der Waals surface area (Å²) in [7, 11) is 1.62. The number of nitrogen functional groups attached to an aromatic ring is 1. The number of hydrogen-bond acceptors (Lipinski definition) is 5. The van der Waals surface area contributed by atoms with E-state index in [4.69, 9.17) is 5.73 Å². The van der Waals surface area contributed by atoms with Crippen molar-refractivity contribution in [2.45, 2.75) is 0 Å². The third-order valence-corrected chi connectivity index (χ3v) is 2.40. The van der Waals surface area contributed by atoms with Gasteiger partial charge in [-0.15, -0.1) is 0 Å². The first-order valence-electron chi connectivity index (χ1n) is 5.32. The number of para-hydroxylation sites is 2. The number of benzene rings is 1. The molecule has 3 N–H and O–H groups in total. The Bertz CT molecular complexity index is 558. The highest BCUT2D eigenvalue weighted by atomic mass is 16.1. The maximum atomic E-state index is 10.7. The van der Waals surface area contributed by atoms with Crippen LogP contribution in [0.3, 0.4) is 0 Å². The van der Waals surface area contributed by atoms with Gasteiger partial charge in [0.05, 0.1) is 11.4 Å². The smallest absolute Gasteiger partial charge is 0.215 e. The minimum Gasteiger partial charge on any atom is -0.397 e. The summed E-state index contributed by atoms with van der Waals surface area (Å²) in [6, 6.07) is 9.04. The van der Waals surface area contributed by atoms with Gasteiger partial charge in [-0.1, -0.05) is 12.1 Å². The predicted octanol–water partition coefficient (Wildman–Crippen LogP) is 1.39. The van der Waals surface area contributed by atoms with Crippen LogP contribution in [0.1, 0.15) is 0 Å². The van der Waals surface area contributed by atoms with Crippen LogP contribution in [0.15, 0.2) is 36.7 Å². The molecule has 0 aliphatic rings. The van der Waals surface area contributed by atoms with Crippen molar-refractivity contribution in [3.05, 3.63) is 36.7 Å². The highest BCUT2D eigenvalue weighted by Crippen LogP contribution is 2.22. The minimum atomic E-state index is 0.511. The zero-order chi connectivity index (χ0) is 13.0. The quantitative estimate of drug-likeness (QED) is 0.626. The molecule has 1 aromatic heterocycles. The van der Waals surface area contributed by atoms with E-state index in [1.54, 1.807) is 19.2 Å². The Morgan fingerprint density at radius 3 is 2.83 bits per heavy atom.